The standard InChI is InChI=1S/C50H48O6S/c51-50(46-31-43-42(27-16-28-45(43)57-46)30-29-37-17-6-1-7-18-37)49(55-35-41-25-14-5-15-26-41)48(54-34-40-23-12-4-13-24-40)47(53-33-39-21-10-3-11-22-39)44(56-50)36-52-32-38-19-8-2-9-20-38/h1-28,31,44,47-49,51H,29-30,32-36H2/t44-,47-,48+,49-,50?/m1/s1. The van der Waals surface area contributed by atoms with Gasteiger partial charge in [0.05, 0.1) is 37.9 Å². The summed E-state index contributed by atoms with van der Waals surface area (Å²) < 4.78 is 35.1. The number of ether oxygens (including phenoxy) is 5. The van der Waals surface area contributed by atoms with Crippen LogP contribution in [0.15, 0.2) is 176 Å². The minimum atomic E-state index is -1.91. The highest BCUT2D eigenvalue weighted by Crippen LogP contribution is 2.46. The summed E-state index contributed by atoms with van der Waals surface area (Å²) in [5.74, 6) is -1.91. The van der Waals surface area contributed by atoms with Gasteiger partial charge in [-0.2, -0.15) is 0 Å². The van der Waals surface area contributed by atoms with Crippen molar-refractivity contribution in [2.45, 2.75) is 69.5 Å². The van der Waals surface area contributed by atoms with E-state index >= 15 is 0 Å². The third kappa shape index (κ3) is 9.78. The first kappa shape index (κ1) is 38.9. The minimum absolute atomic E-state index is 0.153. The van der Waals surface area contributed by atoms with Crippen LogP contribution in [-0.4, -0.2) is 36.1 Å². The van der Waals surface area contributed by atoms with Gasteiger partial charge in [0.1, 0.15) is 24.4 Å². The van der Waals surface area contributed by atoms with Crippen molar-refractivity contribution < 1.29 is 28.8 Å². The monoisotopic (exact) mass is 776 g/mol. The Morgan fingerprint density at radius 2 is 1.00 bits per heavy atom. The molecule has 0 bridgehead atoms. The molecular formula is C50H48O6S. The molecule has 0 amide bonds. The fourth-order valence-electron chi connectivity index (χ4n) is 7.49. The second-order valence-corrected chi connectivity index (χ2v) is 15.6. The van der Waals surface area contributed by atoms with E-state index in [1.165, 1.54) is 22.5 Å². The van der Waals surface area contributed by atoms with E-state index in [1.54, 1.807) is 0 Å². The van der Waals surface area contributed by atoms with Crippen LogP contribution in [0, 0.1) is 0 Å². The number of rotatable bonds is 17. The Morgan fingerprint density at radius 1 is 0.509 bits per heavy atom. The first-order chi connectivity index (χ1) is 28.1. The molecule has 290 valence electrons. The molecule has 1 saturated heterocycles. The lowest BCUT2D eigenvalue weighted by molar-refractivity contribution is -0.377. The van der Waals surface area contributed by atoms with Gasteiger partial charge in [-0.25, -0.2) is 0 Å². The van der Waals surface area contributed by atoms with Gasteiger partial charge in [-0.1, -0.05) is 164 Å². The van der Waals surface area contributed by atoms with Crippen LogP contribution < -0.4 is 0 Å². The van der Waals surface area contributed by atoms with Gasteiger partial charge in [-0.15, -0.1) is 11.3 Å². The summed E-state index contributed by atoms with van der Waals surface area (Å²) in [6, 6.07) is 59.2. The minimum Gasteiger partial charge on any atom is -0.374 e. The fraction of sp³-hybridized carbons (Fsp3) is 0.240. The zero-order chi connectivity index (χ0) is 38.7. The molecule has 1 aliphatic rings. The molecule has 5 atom stereocenters. The lowest BCUT2D eigenvalue weighted by Crippen LogP contribution is -2.65. The number of thiophene rings is 1. The van der Waals surface area contributed by atoms with Crippen LogP contribution in [0.2, 0.25) is 0 Å². The summed E-state index contributed by atoms with van der Waals surface area (Å²) in [5, 5.41) is 14.4. The molecule has 1 aromatic heterocycles. The van der Waals surface area contributed by atoms with Crippen LogP contribution in [0.5, 0.6) is 0 Å². The molecule has 6 nitrogen and oxygen atoms in total. The molecule has 8 rings (SSSR count). The second kappa shape index (κ2) is 19.0. The molecule has 0 spiro atoms. The molecular weight excluding hydrogens is 729 g/mol. The molecule has 1 N–H and O–H groups in total. The summed E-state index contributed by atoms with van der Waals surface area (Å²) in [6.45, 7) is 1.36. The number of hydrogen-bond acceptors (Lipinski definition) is 7. The molecule has 0 aliphatic carbocycles. The zero-order valence-electron chi connectivity index (χ0n) is 31.9. The first-order valence-electron chi connectivity index (χ1n) is 19.7. The van der Waals surface area contributed by atoms with Crippen molar-refractivity contribution >= 4 is 21.4 Å². The molecule has 1 fully saturated rings. The number of benzene rings is 6. The second-order valence-electron chi connectivity index (χ2n) is 14.5. The van der Waals surface area contributed by atoms with Gasteiger partial charge in [0.2, 0.25) is 5.79 Å². The summed E-state index contributed by atoms with van der Waals surface area (Å²) in [4.78, 5) is 0.644. The Bertz CT molecular complexity index is 2250. The van der Waals surface area contributed by atoms with Crippen LogP contribution >= 0.6 is 11.3 Å². The van der Waals surface area contributed by atoms with E-state index in [0.717, 1.165) is 45.2 Å². The molecule has 0 saturated carbocycles. The van der Waals surface area contributed by atoms with E-state index in [4.69, 9.17) is 23.7 Å². The average molecular weight is 777 g/mol. The molecule has 2 heterocycles. The van der Waals surface area contributed by atoms with Crippen molar-refractivity contribution in [2.75, 3.05) is 6.61 Å². The smallest absolute Gasteiger partial charge is 0.232 e. The fourth-order valence-corrected chi connectivity index (χ4v) is 8.66. The molecule has 0 radical (unpaired) electrons. The van der Waals surface area contributed by atoms with Crippen LogP contribution in [0.3, 0.4) is 0 Å². The van der Waals surface area contributed by atoms with Crippen LogP contribution in [0.1, 0.15) is 38.3 Å². The maximum absolute atomic E-state index is 13.3. The molecule has 6 aromatic carbocycles. The summed E-state index contributed by atoms with van der Waals surface area (Å²) in [7, 11) is 0. The van der Waals surface area contributed by atoms with Crippen LogP contribution in [0.25, 0.3) is 10.1 Å². The van der Waals surface area contributed by atoms with Crippen molar-refractivity contribution in [3.63, 3.8) is 0 Å². The number of fused-ring (bicyclic) bond motifs is 1. The third-order valence-electron chi connectivity index (χ3n) is 10.5. The number of aliphatic hydroxyl groups is 1. The predicted octanol–water partition coefficient (Wildman–Crippen LogP) is 10.2. The average Bonchev–Trinajstić information content (AvgIpc) is 3.72. The van der Waals surface area contributed by atoms with Gasteiger partial charge in [-0.05, 0) is 63.7 Å². The van der Waals surface area contributed by atoms with Crippen molar-refractivity contribution in [1.29, 1.82) is 0 Å². The van der Waals surface area contributed by atoms with E-state index < -0.39 is 30.2 Å². The van der Waals surface area contributed by atoms with Crippen molar-refractivity contribution in [3.05, 3.63) is 214 Å². The number of hydrogen-bond donors (Lipinski definition) is 1. The molecule has 7 aromatic rings. The van der Waals surface area contributed by atoms with Crippen molar-refractivity contribution in [1.82, 2.24) is 0 Å². The normalized spacial score (nSPS) is 20.8. The van der Waals surface area contributed by atoms with Crippen molar-refractivity contribution in [3.8, 4) is 0 Å². The van der Waals surface area contributed by atoms with E-state index in [0.29, 0.717) is 18.1 Å². The van der Waals surface area contributed by atoms with Crippen LogP contribution in [0.4, 0.5) is 0 Å². The van der Waals surface area contributed by atoms with Crippen LogP contribution in [-0.2, 0) is 68.7 Å². The quantitative estimate of drug-likeness (QED) is 0.0994. The highest BCUT2D eigenvalue weighted by molar-refractivity contribution is 7.19. The molecule has 1 unspecified atom stereocenters. The largest absolute Gasteiger partial charge is 0.374 e. The predicted molar refractivity (Wildman–Crippen MR) is 226 cm³/mol. The van der Waals surface area contributed by atoms with Crippen molar-refractivity contribution in [2.24, 2.45) is 0 Å². The zero-order valence-corrected chi connectivity index (χ0v) is 32.7. The molecule has 1 aliphatic heterocycles. The Hall–Kier alpha value is -4.96. The summed E-state index contributed by atoms with van der Waals surface area (Å²) in [6.07, 6.45) is -1.36. The van der Waals surface area contributed by atoms with Gasteiger partial charge >= 0.3 is 0 Å². The number of aryl methyl sites for hydroxylation is 2. The van der Waals surface area contributed by atoms with Gasteiger partial charge in [-0.3, -0.25) is 0 Å². The maximum Gasteiger partial charge on any atom is 0.232 e. The van der Waals surface area contributed by atoms with E-state index in [9.17, 15) is 5.11 Å². The van der Waals surface area contributed by atoms with Gasteiger partial charge in [0, 0.05) is 4.70 Å². The maximum atomic E-state index is 13.3. The first-order valence-corrected chi connectivity index (χ1v) is 20.5. The Morgan fingerprint density at radius 3 is 1.56 bits per heavy atom. The summed E-state index contributed by atoms with van der Waals surface area (Å²) >= 11 is 1.52. The molecule has 57 heavy (non-hydrogen) atoms. The van der Waals surface area contributed by atoms with Gasteiger partial charge < -0.3 is 28.8 Å². The third-order valence-corrected chi connectivity index (χ3v) is 11.7. The highest BCUT2D eigenvalue weighted by Gasteiger charge is 2.58. The Balaban J connectivity index is 1.19. The van der Waals surface area contributed by atoms with E-state index in [2.05, 4.69) is 48.5 Å². The Labute approximate surface area is 339 Å². The lowest BCUT2D eigenvalue weighted by atomic mass is 9.90. The topological polar surface area (TPSA) is 66.4 Å². The highest BCUT2D eigenvalue weighted by atomic mass is 32.1. The van der Waals surface area contributed by atoms with Gasteiger partial charge in [0.15, 0.2) is 0 Å². The summed E-state index contributed by atoms with van der Waals surface area (Å²) in [5.41, 5.74) is 6.52. The van der Waals surface area contributed by atoms with E-state index in [-0.39, 0.29) is 19.8 Å². The molecule has 7 heteroatoms. The Kier molecular flexibility index (Phi) is 13.0. The van der Waals surface area contributed by atoms with E-state index in [1.807, 2.05) is 127 Å². The van der Waals surface area contributed by atoms with Gasteiger partial charge in [0.25, 0.3) is 0 Å². The SMILES string of the molecule is OC1(c2cc3c(CCc4ccccc4)cccc3s2)O[C@H](COCc2ccccc2)[C@@H](OCc2ccccc2)[C@H](OCc2ccccc2)[C@H]1OCc1ccccc1. The lowest BCUT2D eigenvalue weighted by Gasteiger charge is -2.50.